The predicted octanol–water partition coefficient (Wildman–Crippen LogP) is 2.83. The third kappa shape index (κ3) is 3.39. The van der Waals surface area contributed by atoms with Gasteiger partial charge in [-0.05, 0) is 55.5 Å². The minimum atomic E-state index is -0.853. The Hall–Kier alpha value is -2.54. The number of ether oxygens (including phenoxy) is 3. The summed E-state index contributed by atoms with van der Waals surface area (Å²) in [6.07, 6.45) is 2.34. The topological polar surface area (TPSA) is 73.9 Å². The van der Waals surface area contributed by atoms with Crippen LogP contribution in [-0.4, -0.2) is 24.8 Å². The zero-order valence-electron chi connectivity index (χ0n) is 14.4. The van der Waals surface area contributed by atoms with Crippen molar-refractivity contribution in [2.45, 2.75) is 38.8 Å². The van der Waals surface area contributed by atoms with Crippen LogP contribution >= 0.6 is 11.3 Å². The second-order valence-corrected chi connectivity index (χ2v) is 7.50. The molecule has 6 nitrogen and oxygen atoms in total. The maximum Gasteiger partial charge on any atom is 0.349 e. The molecular formula is C19H19NO5S. The molecule has 0 fully saturated rings. The molecule has 0 radical (unpaired) electrons. The van der Waals surface area contributed by atoms with Gasteiger partial charge in [-0.3, -0.25) is 4.79 Å². The summed E-state index contributed by atoms with van der Waals surface area (Å²) in [7, 11) is 0. The molecule has 2 aromatic rings. The average molecular weight is 373 g/mol. The molecule has 1 aliphatic carbocycles. The Kier molecular flexibility index (Phi) is 4.55. The molecule has 1 aromatic heterocycles. The van der Waals surface area contributed by atoms with Crippen molar-refractivity contribution in [2.24, 2.45) is 0 Å². The number of esters is 1. The summed E-state index contributed by atoms with van der Waals surface area (Å²) in [5.41, 5.74) is 2.12. The van der Waals surface area contributed by atoms with E-state index in [1.54, 1.807) is 6.92 Å². The summed E-state index contributed by atoms with van der Waals surface area (Å²) in [5, 5.41) is 2.78. The SMILES string of the molecule is CC(OC(=O)c1cc2c(s1)CCC2)C(=O)NCc1ccc2c(c1)OCO2. The van der Waals surface area contributed by atoms with Gasteiger partial charge in [-0.25, -0.2) is 4.79 Å². The van der Waals surface area contributed by atoms with Crippen LogP contribution in [0.3, 0.4) is 0 Å². The number of hydrogen-bond acceptors (Lipinski definition) is 6. The molecule has 1 amide bonds. The highest BCUT2D eigenvalue weighted by Gasteiger charge is 2.23. The molecule has 0 saturated heterocycles. The zero-order chi connectivity index (χ0) is 18.1. The van der Waals surface area contributed by atoms with E-state index >= 15 is 0 Å². The van der Waals surface area contributed by atoms with Gasteiger partial charge < -0.3 is 19.5 Å². The lowest BCUT2D eigenvalue weighted by molar-refractivity contribution is -0.129. The van der Waals surface area contributed by atoms with Gasteiger partial charge in [0.15, 0.2) is 17.6 Å². The Bertz CT molecular complexity index is 838. The maximum atomic E-state index is 12.2. The summed E-state index contributed by atoms with van der Waals surface area (Å²) in [6.45, 7) is 2.11. The third-order valence-corrected chi connectivity index (χ3v) is 5.72. The molecule has 1 unspecified atom stereocenters. The predicted molar refractivity (Wildman–Crippen MR) is 95.6 cm³/mol. The van der Waals surface area contributed by atoms with E-state index in [-0.39, 0.29) is 12.7 Å². The Morgan fingerprint density at radius 2 is 2.08 bits per heavy atom. The fraction of sp³-hybridized carbons (Fsp3) is 0.368. The van der Waals surface area contributed by atoms with Crippen molar-refractivity contribution in [2.75, 3.05) is 6.79 Å². The van der Waals surface area contributed by atoms with Crippen molar-refractivity contribution in [3.63, 3.8) is 0 Å². The van der Waals surface area contributed by atoms with E-state index in [0.717, 1.165) is 24.8 Å². The Morgan fingerprint density at radius 3 is 2.92 bits per heavy atom. The lowest BCUT2D eigenvalue weighted by Crippen LogP contribution is -2.35. The van der Waals surface area contributed by atoms with E-state index in [4.69, 9.17) is 14.2 Å². The molecule has 0 spiro atoms. The molecule has 1 aliphatic heterocycles. The van der Waals surface area contributed by atoms with Crippen LogP contribution in [0.25, 0.3) is 0 Å². The third-order valence-electron chi connectivity index (χ3n) is 4.50. The highest BCUT2D eigenvalue weighted by Crippen LogP contribution is 2.32. The number of thiophene rings is 1. The number of benzene rings is 1. The normalized spacial score (nSPS) is 15.4. The minimum Gasteiger partial charge on any atom is -0.454 e. The van der Waals surface area contributed by atoms with E-state index in [9.17, 15) is 9.59 Å². The molecule has 0 saturated carbocycles. The first-order chi connectivity index (χ1) is 12.6. The molecule has 1 atom stereocenters. The van der Waals surface area contributed by atoms with E-state index in [2.05, 4.69) is 5.32 Å². The standard InChI is InChI=1S/C19H19NO5S/c1-11(25-19(22)17-8-13-3-2-4-16(13)26-17)18(21)20-9-12-5-6-14-15(7-12)24-10-23-14/h5-8,11H,2-4,9-10H2,1H3,(H,20,21). The smallest absolute Gasteiger partial charge is 0.349 e. The summed E-state index contributed by atoms with van der Waals surface area (Å²) >= 11 is 1.47. The Balaban J connectivity index is 1.30. The van der Waals surface area contributed by atoms with Gasteiger partial charge in [0.05, 0.1) is 0 Å². The fourth-order valence-corrected chi connectivity index (χ4v) is 4.22. The van der Waals surface area contributed by atoms with E-state index in [1.807, 2.05) is 24.3 Å². The molecule has 136 valence electrons. The van der Waals surface area contributed by atoms with Crippen LogP contribution in [0, 0.1) is 0 Å². The van der Waals surface area contributed by atoms with Crippen LogP contribution in [0.2, 0.25) is 0 Å². The van der Waals surface area contributed by atoms with Crippen molar-refractivity contribution < 1.29 is 23.8 Å². The number of carbonyl (C=O) groups excluding carboxylic acids is 2. The van der Waals surface area contributed by atoms with Crippen molar-refractivity contribution in [3.05, 3.63) is 45.1 Å². The maximum absolute atomic E-state index is 12.2. The number of carbonyl (C=O) groups is 2. The second-order valence-electron chi connectivity index (χ2n) is 6.37. The van der Waals surface area contributed by atoms with Gasteiger partial charge in [0.1, 0.15) is 4.88 Å². The number of fused-ring (bicyclic) bond motifs is 2. The first kappa shape index (κ1) is 16.9. The number of nitrogens with one attached hydrogen (secondary N) is 1. The highest BCUT2D eigenvalue weighted by molar-refractivity contribution is 7.14. The van der Waals surface area contributed by atoms with Crippen LogP contribution in [0.15, 0.2) is 24.3 Å². The van der Waals surface area contributed by atoms with Crippen LogP contribution in [-0.2, 0) is 28.9 Å². The Morgan fingerprint density at radius 1 is 1.23 bits per heavy atom. The van der Waals surface area contributed by atoms with Crippen molar-refractivity contribution in [1.82, 2.24) is 5.32 Å². The molecule has 4 rings (SSSR count). The lowest BCUT2D eigenvalue weighted by Gasteiger charge is -2.13. The quantitative estimate of drug-likeness (QED) is 0.816. The molecular weight excluding hydrogens is 354 g/mol. The number of amides is 1. The highest BCUT2D eigenvalue weighted by atomic mass is 32.1. The average Bonchev–Trinajstić information content (AvgIpc) is 3.34. The summed E-state index contributed by atoms with van der Waals surface area (Å²) in [5.74, 6) is 0.599. The van der Waals surface area contributed by atoms with Gasteiger partial charge >= 0.3 is 5.97 Å². The molecule has 0 bridgehead atoms. The lowest BCUT2D eigenvalue weighted by atomic mass is 10.2. The summed E-state index contributed by atoms with van der Waals surface area (Å²) in [4.78, 5) is 26.3. The van der Waals surface area contributed by atoms with Gasteiger partial charge in [-0.1, -0.05) is 6.07 Å². The van der Waals surface area contributed by atoms with Crippen LogP contribution in [0.1, 0.15) is 39.0 Å². The Labute approximate surface area is 155 Å². The molecule has 1 aromatic carbocycles. The molecule has 7 heteroatoms. The van der Waals surface area contributed by atoms with E-state index < -0.39 is 12.1 Å². The van der Waals surface area contributed by atoms with Crippen molar-refractivity contribution in [1.29, 1.82) is 0 Å². The number of aryl methyl sites for hydroxylation is 2. The molecule has 1 N–H and O–H groups in total. The van der Waals surface area contributed by atoms with Crippen LogP contribution in [0.4, 0.5) is 0 Å². The van der Waals surface area contributed by atoms with E-state index in [0.29, 0.717) is 22.9 Å². The van der Waals surface area contributed by atoms with Crippen LogP contribution in [0.5, 0.6) is 11.5 Å². The zero-order valence-corrected chi connectivity index (χ0v) is 15.2. The van der Waals surface area contributed by atoms with Gasteiger partial charge in [-0.15, -0.1) is 11.3 Å². The molecule has 2 heterocycles. The van der Waals surface area contributed by atoms with E-state index in [1.165, 1.54) is 21.8 Å². The van der Waals surface area contributed by atoms with Crippen LogP contribution < -0.4 is 14.8 Å². The van der Waals surface area contributed by atoms with Crippen molar-refractivity contribution >= 4 is 23.2 Å². The monoisotopic (exact) mass is 373 g/mol. The van der Waals surface area contributed by atoms with Gasteiger partial charge in [0.25, 0.3) is 5.91 Å². The first-order valence-electron chi connectivity index (χ1n) is 8.59. The molecule has 26 heavy (non-hydrogen) atoms. The van der Waals surface area contributed by atoms with Gasteiger partial charge in [-0.2, -0.15) is 0 Å². The fourth-order valence-electron chi connectivity index (χ4n) is 3.09. The number of rotatable bonds is 5. The largest absolute Gasteiger partial charge is 0.454 e. The minimum absolute atomic E-state index is 0.213. The van der Waals surface area contributed by atoms with Gasteiger partial charge in [0, 0.05) is 11.4 Å². The molecule has 2 aliphatic rings. The van der Waals surface area contributed by atoms with Crippen molar-refractivity contribution in [3.8, 4) is 11.5 Å². The second kappa shape index (κ2) is 6.99. The summed E-state index contributed by atoms with van der Waals surface area (Å²) < 4.78 is 15.9. The first-order valence-corrected chi connectivity index (χ1v) is 9.40. The number of hydrogen-bond donors (Lipinski definition) is 1. The summed E-state index contributed by atoms with van der Waals surface area (Å²) in [6, 6.07) is 7.39. The van der Waals surface area contributed by atoms with Gasteiger partial charge in [0.2, 0.25) is 6.79 Å².